The Morgan fingerprint density at radius 2 is 2.14 bits per heavy atom. The van der Waals surface area contributed by atoms with Gasteiger partial charge in [0.05, 0.1) is 6.54 Å². The highest BCUT2D eigenvalue weighted by Crippen LogP contribution is 2.21. The number of rotatable bonds is 7. The van der Waals surface area contributed by atoms with Crippen LogP contribution in [-0.4, -0.2) is 43.6 Å². The number of halogens is 1. The maximum absolute atomic E-state index is 4.64. The first kappa shape index (κ1) is 19.7. The van der Waals surface area contributed by atoms with E-state index in [0.717, 1.165) is 38.2 Å². The van der Waals surface area contributed by atoms with Crippen LogP contribution >= 0.6 is 35.3 Å². The van der Waals surface area contributed by atoms with Crippen molar-refractivity contribution in [1.82, 2.24) is 15.5 Å². The number of thiophene rings is 1. The van der Waals surface area contributed by atoms with Crippen LogP contribution in [0.15, 0.2) is 22.5 Å². The molecule has 0 saturated heterocycles. The molecule has 0 spiro atoms. The van der Waals surface area contributed by atoms with E-state index in [1.807, 2.05) is 0 Å². The third-order valence-corrected chi connectivity index (χ3v) is 4.88. The summed E-state index contributed by atoms with van der Waals surface area (Å²) in [5.74, 6) is 0.922. The average molecular weight is 436 g/mol. The predicted molar refractivity (Wildman–Crippen MR) is 107 cm³/mol. The third-order valence-electron chi connectivity index (χ3n) is 4.02. The molecule has 0 amide bonds. The van der Waals surface area contributed by atoms with Crippen molar-refractivity contribution in [2.75, 3.05) is 26.7 Å². The summed E-state index contributed by atoms with van der Waals surface area (Å²) in [6.45, 7) is 5.78. The fourth-order valence-corrected chi connectivity index (χ4v) is 3.41. The van der Waals surface area contributed by atoms with Gasteiger partial charge in [-0.1, -0.05) is 18.9 Å². The molecule has 0 radical (unpaired) electrons. The second-order valence-corrected chi connectivity index (χ2v) is 6.65. The molecule has 1 heterocycles. The molecule has 4 nitrogen and oxygen atoms in total. The van der Waals surface area contributed by atoms with Crippen molar-refractivity contribution < 1.29 is 0 Å². The normalized spacial score (nSPS) is 15.9. The second kappa shape index (κ2) is 11.2. The quantitative estimate of drug-likeness (QED) is 0.392. The smallest absolute Gasteiger partial charge is 0.191 e. The molecule has 1 aromatic rings. The molecule has 6 heteroatoms. The number of nitrogens with one attached hydrogen (secondary N) is 2. The molecular formula is C16H29IN4S. The molecule has 1 fully saturated rings. The largest absolute Gasteiger partial charge is 0.357 e. The molecule has 1 aliphatic carbocycles. The van der Waals surface area contributed by atoms with E-state index in [4.69, 9.17) is 0 Å². The molecule has 0 aliphatic heterocycles. The number of nitrogens with zero attached hydrogens (tertiary/aromatic N) is 2. The lowest BCUT2D eigenvalue weighted by Gasteiger charge is -2.24. The third kappa shape index (κ3) is 6.83. The first-order valence-electron chi connectivity index (χ1n) is 8.04. The van der Waals surface area contributed by atoms with Crippen LogP contribution in [0.4, 0.5) is 0 Å². The highest BCUT2D eigenvalue weighted by molar-refractivity contribution is 14.0. The Morgan fingerprint density at radius 1 is 1.36 bits per heavy atom. The molecule has 1 aliphatic rings. The van der Waals surface area contributed by atoms with Crippen LogP contribution in [0.1, 0.15) is 37.5 Å². The summed E-state index contributed by atoms with van der Waals surface area (Å²) >= 11 is 1.76. The van der Waals surface area contributed by atoms with Gasteiger partial charge in [-0.25, -0.2) is 4.99 Å². The van der Waals surface area contributed by atoms with Crippen LogP contribution in [-0.2, 0) is 6.54 Å². The van der Waals surface area contributed by atoms with Gasteiger partial charge in [0.1, 0.15) is 0 Å². The first-order chi connectivity index (χ1) is 10.3. The Morgan fingerprint density at radius 3 is 2.77 bits per heavy atom. The molecular weight excluding hydrogens is 407 g/mol. The molecule has 22 heavy (non-hydrogen) atoms. The minimum absolute atomic E-state index is 0. The molecule has 2 rings (SSSR count). The van der Waals surface area contributed by atoms with Crippen LogP contribution in [0.2, 0.25) is 0 Å². The van der Waals surface area contributed by atoms with Gasteiger partial charge in [0.2, 0.25) is 0 Å². The van der Waals surface area contributed by atoms with Crippen LogP contribution in [0.3, 0.4) is 0 Å². The van der Waals surface area contributed by atoms with E-state index < -0.39 is 0 Å². The lowest BCUT2D eigenvalue weighted by molar-refractivity contribution is 0.249. The number of likely N-dealkylation sites (N-methyl/N-ethyl adjacent to an activating group) is 1. The number of hydrogen-bond acceptors (Lipinski definition) is 3. The summed E-state index contributed by atoms with van der Waals surface area (Å²) in [4.78, 5) is 8.43. The van der Waals surface area contributed by atoms with Gasteiger partial charge in [0.15, 0.2) is 5.96 Å². The van der Waals surface area contributed by atoms with Gasteiger partial charge in [0, 0.05) is 30.6 Å². The minimum Gasteiger partial charge on any atom is -0.357 e. The van der Waals surface area contributed by atoms with E-state index in [2.05, 4.69) is 52.0 Å². The maximum atomic E-state index is 4.64. The van der Waals surface area contributed by atoms with E-state index in [-0.39, 0.29) is 24.0 Å². The monoisotopic (exact) mass is 436 g/mol. The van der Waals surface area contributed by atoms with E-state index in [1.54, 1.807) is 11.3 Å². The van der Waals surface area contributed by atoms with Gasteiger partial charge in [0.25, 0.3) is 0 Å². The molecule has 0 aromatic carbocycles. The molecule has 0 bridgehead atoms. The van der Waals surface area contributed by atoms with Crippen molar-refractivity contribution in [1.29, 1.82) is 0 Å². The van der Waals surface area contributed by atoms with Gasteiger partial charge in [-0.15, -0.1) is 35.3 Å². The SMILES string of the molecule is CCNC(=NCc1cccs1)NCCN(C)C1CCCC1.I. The Hall–Kier alpha value is -0.340. The van der Waals surface area contributed by atoms with Gasteiger partial charge in [-0.3, -0.25) is 0 Å². The predicted octanol–water partition coefficient (Wildman–Crippen LogP) is 3.30. The van der Waals surface area contributed by atoms with E-state index in [0.29, 0.717) is 0 Å². The van der Waals surface area contributed by atoms with Crippen LogP contribution in [0.25, 0.3) is 0 Å². The summed E-state index contributed by atoms with van der Waals surface area (Å²) in [6, 6.07) is 5.00. The number of guanidine groups is 1. The molecule has 0 atom stereocenters. The Bertz CT molecular complexity index is 416. The van der Waals surface area contributed by atoms with E-state index in [9.17, 15) is 0 Å². The molecule has 1 aromatic heterocycles. The van der Waals surface area contributed by atoms with Crippen molar-refractivity contribution in [3.63, 3.8) is 0 Å². The standard InChI is InChI=1S/C16H28N4S.HI/c1-3-17-16(19-13-15-9-6-12-21-15)18-10-11-20(2)14-7-4-5-8-14;/h6,9,12,14H,3-5,7-8,10-11,13H2,1-2H3,(H2,17,18,19);1H. The van der Waals surface area contributed by atoms with E-state index >= 15 is 0 Å². The summed E-state index contributed by atoms with van der Waals surface area (Å²) in [7, 11) is 2.24. The van der Waals surface area contributed by atoms with E-state index in [1.165, 1.54) is 30.6 Å². The first-order valence-corrected chi connectivity index (χ1v) is 8.92. The van der Waals surface area contributed by atoms with Gasteiger partial charge >= 0.3 is 0 Å². The van der Waals surface area contributed by atoms with Crippen molar-refractivity contribution in [3.8, 4) is 0 Å². The van der Waals surface area contributed by atoms with Gasteiger partial charge < -0.3 is 15.5 Å². The molecule has 0 unspecified atom stereocenters. The number of aliphatic imine (C=N–C) groups is 1. The van der Waals surface area contributed by atoms with Crippen molar-refractivity contribution in [2.24, 2.45) is 4.99 Å². The topological polar surface area (TPSA) is 39.7 Å². The Balaban J connectivity index is 0.00000242. The van der Waals surface area contributed by atoms with Crippen molar-refractivity contribution in [3.05, 3.63) is 22.4 Å². The Kier molecular flexibility index (Phi) is 10.1. The van der Waals surface area contributed by atoms with Crippen LogP contribution < -0.4 is 10.6 Å². The van der Waals surface area contributed by atoms with Crippen molar-refractivity contribution >= 4 is 41.3 Å². The second-order valence-electron chi connectivity index (χ2n) is 5.62. The zero-order chi connectivity index (χ0) is 14.9. The Labute approximate surface area is 155 Å². The highest BCUT2D eigenvalue weighted by Gasteiger charge is 2.18. The lowest BCUT2D eigenvalue weighted by atomic mass is 10.2. The zero-order valence-corrected chi connectivity index (χ0v) is 16.8. The summed E-state index contributed by atoms with van der Waals surface area (Å²) in [5, 5.41) is 8.85. The highest BCUT2D eigenvalue weighted by atomic mass is 127. The summed E-state index contributed by atoms with van der Waals surface area (Å²) in [6.07, 6.45) is 5.52. The maximum Gasteiger partial charge on any atom is 0.191 e. The number of hydrogen-bond donors (Lipinski definition) is 2. The van der Waals surface area contributed by atoms with Crippen LogP contribution in [0.5, 0.6) is 0 Å². The molecule has 2 N–H and O–H groups in total. The van der Waals surface area contributed by atoms with Crippen LogP contribution in [0, 0.1) is 0 Å². The summed E-state index contributed by atoms with van der Waals surface area (Å²) in [5.41, 5.74) is 0. The molecule has 1 saturated carbocycles. The zero-order valence-electron chi connectivity index (χ0n) is 13.7. The minimum atomic E-state index is 0. The van der Waals surface area contributed by atoms with Gasteiger partial charge in [-0.05, 0) is 38.3 Å². The lowest BCUT2D eigenvalue weighted by Crippen LogP contribution is -2.42. The average Bonchev–Trinajstić information content (AvgIpc) is 3.17. The molecule has 126 valence electrons. The summed E-state index contributed by atoms with van der Waals surface area (Å²) < 4.78 is 0. The fourth-order valence-electron chi connectivity index (χ4n) is 2.78. The fraction of sp³-hybridized carbons (Fsp3) is 0.688. The van der Waals surface area contributed by atoms with Crippen molar-refractivity contribution in [2.45, 2.75) is 45.2 Å². The van der Waals surface area contributed by atoms with Gasteiger partial charge in [-0.2, -0.15) is 0 Å².